The molecule has 0 aromatic rings. The fourth-order valence-electron chi connectivity index (χ4n) is 5.44. The van der Waals surface area contributed by atoms with Crippen molar-refractivity contribution in [1.82, 2.24) is 20.4 Å². The highest BCUT2D eigenvalue weighted by Crippen LogP contribution is 2.52. The summed E-state index contributed by atoms with van der Waals surface area (Å²) in [4.78, 5) is 34.0. The first-order valence-corrected chi connectivity index (χ1v) is 11.5. The Morgan fingerprint density at radius 1 is 1.10 bits per heavy atom. The van der Waals surface area contributed by atoms with Gasteiger partial charge in [0.15, 0.2) is 5.96 Å². The Morgan fingerprint density at radius 2 is 1.77 bits per heavy atom. The number of aliphatic hydroxyl groups is 1. The van der Waals surface area contributed by atoms with Crippen LogP contribution in [0.5, 0.6) is 0 Å². The summed E-state index contributed by atoms with van der Waals surface area (Å²) in [6.45, 7) is 7.31. The summed E-state index contributed by atoms with van der Waals surface area (Å²) in [6.07, 6.45) is 7.77. The molecular weight excluding hydrogens is 382 g/mol. The zero-order valence-electron chi connectivity index (χ0n) is 17.9. The van der Waals surface area contributed by atoms with Gasteiger partial charge in [-0.2, -0.15) is 0 Å². The largest absolute Gasteiger partial charge is 0.393 e. The molecule has 2 aliphatic heterocycles. The van der Waals surface area contributed by atoms with Gasteiger partial charge in [0.1, 0.15) is 0 Å². The van der Waals surface area contributed by atoms with Crippen LogP contribution >= 0.6 is 0 Å². The van der Waals surface area contributed by atoms with Crippen molar-refractivity contribution in [2.75, 3.05) is 45.8 Å². The van der Waals surface area contributed by atoms with Crippen molar-refractivity contribution in [2.45, 2.75) is 38.7 Å². The van der Waals surface area contributed by atoms with Gasteiger partial charge in [0.25, 0.3) is 0 Å². The lowest BCUT2D eigenvalue weighted by atomic mass is 9.85. The van der Waals surface area contributed by atoms with E-state index in [0.717, 1.165) is 64.4 Å². The van der Waals surface area contributed by atoms with Crippen molar-refractivity contribution >= 4 is 17.8 Å². The number of amides is 2. The van der Waals surface area contributed by atoms with Crippen LogP contribution in [0.25, 0.3) is 0 Å². The van der Waals surface area contributed by atoms with Crippen LogP contribution in [0.3, 0.4) is 0 Å². The quantitative estimate of drug-likeness (QED) is 0.172. The van der Waals surface area contributed by atoms with Gasteiger partial charge >= 0.3 is 0 Å². The molecule has 4 atom stereocenters. The Kier molecular flexibility index (Phi) is 6.73. The average Bonchev–Trinajstić information content (AvgIpc) is 3.42. The molecule has 3 fully saturated rings. The van der Waals surface area contributed by atoms with E-state index in [-0.39, 0.29) is 41.6 Å². The molecule has 2 aliphatic carbocycles. The molecule has 4 unspecified atom stereocenters. The smallest absolute Gasteiger partial charge is 0.233 e. The number of guanidine groups is 1. The second-order valence-corrected chi connectivity index (χ2v) is 8.94. The number of nitrogens with zero attached hydrogens (tertiary/aromatic N) is 3. The van der Waals surface area contributed by atoms with Crippen LogP contribution in [0, 0.1) is 23.7 Å². The lowest BCUT2D eigenvalue weighted by Crippen LogP contribution is -2.43. The molecule has 4 aliphatic rings. The molecule has 0 aromatic heterocycles. The number of fused-ring (bicyclic) bond motifs is 5. The summed E-state index contributed by atoms with van der Waals surface area (Å²) in [6, 6.07) is 0. The van der Waals surface area contributed by atoms with Gasteiger partial charge in [-0.05, 0) is 51.0 Å². The van der Waals surface area contributed by atoms with Crippen LogP contribution in [-0.2, 0) is 9.59 Å². The number of likely N-dealkylation sites (tertiary alicyclic amines) is 2. The maximum atomic E-state index is 12.7. The molecule has 1 saturated carbocycles. The van der Waals surface area contributed by atoms with Crippen molar-refractivity contribution in [3.63, 3.8) is 0 Å². The summed E-state index contributed by atoms with van der Waals surface area (Å²) in [5.41, 5.74) is 0. The molecule has 166 valence electrons. The topological polar surface area (TPSA) is 97.3 Å². The number of aliphatic imine (C=N–C) groups is 1. The minimum atomic E-state index is -0.135. The number of carbonyl (C=O) groups excluding carboxylic acids is 2. The number of hydrogen-bond donors (Lipinski definition) is 3. The number of carbonyl (C=O) groups is 2. The van der Waals surface area contributed by atoms with Crippen molar-refractivity contribution < 1.29 is 14.7 Å². The number of hydrogen-bond acceptors (Lipinski definition) is 5. The van der Waals surface area contributed by atoms with E-state index >= 15 is 0 Å². The molecule has 8 nitrogen and oxygen atoms in total. The molecule has 2 heterocycles. The summed E-state index contributed by atoms with van der Waals surface area (Å²) < 4.78 is 0. The zero-order chi connectivity index (χ0) is 21.1. The highest BCUT2D eigenvalue weighted by atomic mass is 16.3. The van der Waals surface area contributed by atoms with E-state index in [0.29, 0.717) is 13.1 Å². The Labute approximate surface area is 178 Å². The van der Waals surface area contributed by atoms with Crippen molar-refractivity contribution in [2.24, 2.45) is 28.7 Å². The zero-order valence-corrected chi connectivity index (χ0v) is 17.9. The third-order valence-corrected chi connectivity index (χ3v) is 6.99. The van der Waals surface area contributed by atoms with Crippen LogP contribution in [0.15, 0.2) is 17.1 Å². The van der Waals surface area contributed by atoms with E-state index in [9.17, 15) is 14.7 Å². The third-order valence-electron chi connectivity index (χ3n) is 6.99. The fourth-order valence-corrected chi connectivity index (χ4v) is 5.44. The van der Waals surface area contributed by atoms with Gasteiger partial charge in [-0.25, -0.2) is 0 Å². The summed E-state index contributed by atoms with van der Waals surface area (Å²) in [7, 11) is 0. The van der Waals surface area contributed by atoms with Gasteiger partial charge in [-0.1, -0.05) is 12.2 Å². The normalized spacial score (nSPS) is 31.7. The third kappa shape index (κ3) is 4.39. The van der Waals surface area contributed by atoms with E-state index in [1.165, 1.54) is 4.90 Å². The first kappa shape index (κ1) is 21.3. The molecule has 0 radical (unpaired) electrons. The first-order valence-electron chi connectivity index (χ1n) is 11.5. The van der Waals surface area contributed by atoms with E-state index in [1.54, 1.807) is 0 Å². The lowest BCUT2D eigenvalue weighted by molar-refractivity contribution is -0.140. The highest BCUT2D eigenvalue weighted by molar-refractivity contribution is 6.06. The maximum absolute atomic E-state index is 12.7. The van der Waals surface area contributed by atoms with Gasteiger partial charge < -0.3 is 20.6 Å². The van der Waals surface area contributed by atoms with Crippen molar-refractivity contribution in [1.29, 1.82) is 0 Å². The Morgan fingerprint density at radius 3 is 2.40 bits per heavy atom. The summed E-state index contributed by atoms with van der Waals surface area (Å²) in [5.74, 6) is 1.03. The minimum Gasteiger partial charge on any atom is -0.393 e. The minimum absolute atomic E-state index is 0.0113. The number of nitrogens with one attached hydrogen (secondary N) is 2. The number of rotatable bonds is 8. The van der Waals surface area contributed by atoms with Gasteiger partial charge in [0.2, 0.25) is 11.8 Å². The van der Waals surface area contributed by atoms with Gasteiger partial charge in [-0.3, -0.25) is 19.5 Å². The maximum Gasteiger partial charge on any atom is 0.233 e. The number of imide groups is 1. The SMILES string of the molecule is CCNC(=NCCCN1CCC(O)CC1)NCCN1C(=O)C2C3C=CC(C3)C2C1=O. The van der Waals surface area contributed by atoms with Crippen molar-refractivity contribution in [3.05, 3.63) is 12.2 Å². The molecule has 0 spiro atoms. The van der Waals surface area contributed by atoms with Gasteiger partial charge in [-0.15, -0.1) is 0 Å². The van der Waals surface area contributed by atoms with E-state index in [1.807, 2.05) is 6.92 Å². The van der Waals surface area contributed by atoms with E-state index in [2.05, 4.69) is 32.7 Å². The first-order chi connectivity index (χ1) is 14.6. The predicted molar refractivity (Wildman–Crippen MR) is 115 cm³/mol. The second kappa shape index (κ2) is 9.47. The number of piperidine rings is 1. The van der Waals surface area contributed by atoms with Crippen molar-refractivity contribution in [3.8, 4) is 0 Å². The molecular formula is C22H35N5O3. The molecule has 2 bridgehead atoms. The average molecular weight is 418 g/mol. The fraction of sp³-hybridized carbons (Fsp3) is 0.773. The van der Waals surface area contributed by atoms with Crippen LogP contribution < -0.4 is 10.6 Å². The van der Waals surface area contributed by atoms with E-state index < -0.39 is 0 Å². The summed E-state index contributed by atoms with van der Waals surface area (Å²) >= 11 is 0. The highest BCUT2D eigenvalue weighted by Gasteiger charge is 2.58. The Balaban J connectivity index is 1.20. The monoisotopic (exact) mass is 417 g/mol. The van der Waals surface area contributed by atoms with Crippen LogP contribution in [-0.4, -0.2) is 84.6 Å². The molecule has 8 heteroatoms. The molecule has 0 aromatic carbocycles. The van der Waals surface area contributed by atoms with Gasteiger partial charge in [0.05, 0.1) is 17.9 Å². The Hall–Kier alpha value is -1.93. The summed E-state index contributed by atoms with van der Waals surface area (Å²) in [5, 5.41) is 16.1. The standard InChI is InChI=1S/C22H35N5O3/c1-2-23-22(24-8-3-10-26-11-6-17(28)7-12-26)25-9-13-27-20(29)18-15-4-5-16(14-15)19(18)21(27)30/h4-5,15-19,28H,2-3,6-14H2,1H3,(H2,23,24,25). The van der Waals surface area contributed by atoms with Crippen LogP contribution in [0.1, 0.15) is 32.6 Å². The number of aliphatic hydroxyl groups excluding tert-OH is 1. The van der Waals surface area contributed by atoms with Crippen LogP contribution in [0.4, 0.5) is 0 Å². The lowest BCUT2D eigenvalue weighted by Gasteiger charge is -2.29. The molecule has 2 saturated heterocycles. The number of allylic oxidation sites excluding steroid dienone is 2. The van der Waals surface area contributed by atoms with Gasteiger partial charge in [0, 0.05) is 39.3 Å². The Bertz CT molecular complexity index is 671. The molecule has 30 heavy (non-hydrogen) atoms. The molecule has 3 N–H and O–H groups in total. The second-order valence-electron chi connectivity index (χ2n) is 8.94. The van der Waals surface area contributed by atoms with E-state index in [4.69, 9.17) is 0 Å². The van der Waals surface area contributed by atoms with Crippen LogP contribution in [0.2, 0.25) is 0 Å². The predicted octanol–water partition coefficient (Wildman–Crippen LogP) is 0.195. The molecule has 4 rings (SSSR count). The molecule has 2 amide bonds.